The van der Waals surface area contributed by atoms with E-state index in [-0.39, 0.29) is 5.41 Å². The van der Waals surface area contributed by atoms with Crippen molar-refractivity contribution in [1.29, 1.82) is 0 Å². The van der Waals surface area contributed by atoms with Crippen molar-refractivity contribution < 1.29 is 0 Å². The molecule has 0 fully saturated rings. The number of benzene rings is 2. The third-order valence-electron chi connectivity index (χ3n) is 6.52. The number of allylic oxidation sites excluding steroid dienone is 4. The molecule has 0 saturated carbocycles. The Morgan fingerprint density at radius 1 is 1.04 bits per heavy atom. The van der Waals surface area contributed by atoms with Crippen molar-refractivity contribution in [2.24, 2.45) is 0 Å². The summed E-state index contributed by atoms with van der Waals surface area (Å²) in [5.74, 6) is 1.27. The summed E-state index contributed by atoms with van der Waals surface area (Å²) < 4.78 is 0. The van der Waals surface area contributed by atoms with Gasteiger partial charge in [-0.05, 0) is 52.4 Å². The second kappa shape index (κ2) is 5.41. The van der Waals surface area contributed by atoms with E-state index in [9.17, 15) is 0 Å². The molecule has 28 heavy (non-hydrogen) atoms. The van der Waals surface area contributed by atoms with E-state index < -0.39 is 0 Å². The van der Waals surface area contributed by atoms with Crippen LogP contribution in [0.15, 0.2) is 78.9 Å². The molecule has 0 radical (unpaired) electrons. The van der Waals surface area contributed by atoms with Crippen molar-refractivity contribution in [2.75, 3.05) is 4.90 Å². The fourth-order valence-electron chi connectivity index (χ4n) is 5.16. The maximum absolute atomic E-state index is 4.62. The number of aromatic nitrogens is 2. The maximum atomic E-state index is 4.62. The number of hydrogen-bond acceptors (Lipinski definition) is 3. The standard InChI is InChI=1S/C25H21N3/c1-25(2)20-9-5-3-7-16(20)18-13-19-17-8-4-6-10-22(17)28(23(19)14-21(18)25)24-15-26-11-12-27-24/h3-7,9-15,17H,8H2,1-2H3. The molecule has 3 heteroatoms. The highest BCUT2D eigenvalue weighted by Crippen LogP contribution is 2.56. The molecule has 2 aliphatic carbocycles. The van der Waals surface area contributed by atoms with Crippen LogP contribution < -0.4 is 4.90 Å². The zero-order chi connectivity index (χ0) is 18.9. The van der Waals surface area contributed by atoms with Gasteiger partial charge in [-0.1, -0.05) is 50.3 Å². The quantitative estimate of drug-likeness (QED) is 0.542. The van der Waals surface area contributed by atoms with E-state index in [0.29, 0.717) is 5.92 Å². The molecule has 0 amide bonds. The van der Waals surface area contributed by atoms with Gasteiger partial charge in [-0.2, -0.15) is 0 Å². The van der Waals surface area contributed by atoms with Crippen LogP contribution in [0.1, 0.15) is 42.9 Å². The highest BCUT2D eigenvalue weighted by Gasteiger charge is 2.41. The van der Waals surface area contributed by atoms with E-state index in [1.165, 1.54) is 39.2 Å². The van der Waals surface area contributed by atoms with E-state index in [0.717, 1.165) is 12.2 Å². The minimum atomic E-state index is -0.00458. The number of nitrogens with zero attached hydrogens (tertiary/aromatic N) is 3. The molecule has 0 spiro atoms. The van der Waals surface area contributed by atoms with Gasteiger partial charge in [-0.15, -0.1) is 0 Å². The average molecular weight is 363 g/mol. The molecule has 0 bridgehead atoms. The Balaban J connectivity index is 1.63. The molecular formula is C25H21N3. The molecule has 2 aromatic carbocycles. The van der Waals surface area contributed by atoms with Crippen molar-refractivity contribution in [1.82, 2.24) is 9.97 Å². The second-order valence-corrected chi connectivity index (χ2v) is 8.33. The van der Waals surface area contributed by atoms with Gasteiger partial charge in [0.1, 0.15) is 0 Å². The van der Waals surface area contributed by atoms with Gasteiger partial charge in [0.15, 0.2) is 5.82 Å². The number of fused-ring (bicyclic) bond motifs is 6. The summed E-state index contributed by atoms with van der Waals surface area (Å²) in [7, 11) is 0. The van der Waals surface area contributed by atoms with Gasteiger partial charge in [-0.25, -0.2) is 4.98 Å². The smallest absolute Gasteiger partial charge is 0.155 e. The van der Waals surface area contributed by atoms with E-state index in [1.54, 1.807) is 12.4 Å². The van der Waals surface area contributed by atoms with Crippen LogP contribution in [0.2, 0.25) is 0 Å². The lowest BCUT2D eigenvalue weighted by molar-refractivity contribution is 0.660. The van der Waals surface area contributed by atoms with Crippen molar-refractivity contribution in [2.45, 2.75) is 31.6 Å². The number of hydrogen-bond donors (Lipinski definition) is 0. The Hall–Kier alpha value is -3.20. The summed E-state index contributed by atoms with van der Waals surface area (Å²) in [4.78, 5) is 11.2. The van der Waals surface area contributed by atoms with Gasteiger partial charge in [0.25, 0.3) is 0 Å². The lowest BCUT2D eigenvalue weighted by Crippen LogP contribution is -2.17. The summed E-state index contributed by atoms with van der Waals surface area (Å²) >= 11 is 0. The van der Waals surface area contributed by atoms with Crippen molar-refractivity contribution in [3.8, 4) is 11.1 Å². The van der Waals surface area contributed by atoms with Gasteiger partial charge in [0.2, 0.25) is 0 Å². The maximum Gasteiger partial charge on any atom is 0.155 e. The van der Waals surface area contributed by atoms with Gasteiger partial charge in [0, 0.05) is 29.4 Å². The Kier molecular flexibility index (Phi) is 3.06. The normalized spacial score (nSPS) is 20.3. The molecule has 1 unspecified atom stereocenters. The average Bonchev–Trinajstić information content (AvgIpc) is 3.17. The lowest BCUT2D eigenvalue weighted by Gasteiger charge is -2.25. The Morgan fingerprint density at radius 3 is 2.79 bits per heavy atom. The summed E-state index contributed by atoms with van der Waals surface area (Å²) in [6.45, 7) is 4.67. The van der Waals surface area contributed by atoms with E-state index in [1.807, 2.05) is 6.20 Å². The fourth-order valence-corrected chi connectivity index (χ4v) is 5.16. The third kappa shape index (κ3) is 1.94. The largest absolute Gasteiger partial charge is 0.297 e. The van der Waals surface area contributed by atoms with Crippen molar-refractivity contribution in [3.05, 3.63) is 95.6 Å². The van der Waals surface area contributed by atoms with Crippen LogP contribution in [0.3, 0.4) is 0 Å². The highest BCUT2D eigenvalue weighted by molar-refractivity contribution is 5.87. The first-order valence-electron chi connectivity index (χ1n) is 9.87. The molecule has 3 aromatic rings. The molecular weight excluding hydrogens is 342 g/mol. The van der Waals surface area contributed by atoms with Crippen molar-refractivity contribution in [3.63, 3.8) is 0 Å². The SMILES string of the molecule is CC1(C)c2ccccc2-c2cc3c(cc21)N(c1cnccn1)C1=CC=CCC13. The Morgan fingerprint density at radius 2 is 1.93 bits per heavy atom. The summed E-state index contributed by atoms with van der Waals surface area (Å²) in [6, 6.07) is 13.7. The Bertz CT molecular complexity index is 1170. The molecule has 1 atom stereocenters. The van der Waals surface area contributed by atoms with Gasteiger partial charge in [0.05, 0.1) is 11.9 Å². The highest BCUT2D eigenvalue weighted by atomic mass is 15.2. The zero-order valence-electron chi connectivity index (χ0n) is 16.1. The minimum absolute atomic E-state index is 0.00458. The fraction of sp³-hybridized carbons (Fsp3) is 0.200. The number of rotatable bonds is 1. The summed E-state index contributed by atoms with van der Waals surface area (Å²) in [6.07, 6.45) is 13.0. The van der Waals surface area contributed by atoms with Gasteiger partial charge >= 0.3 is 0 Å². The minimum Gasteiger partial charge on any atom is -0.297 e. The lowest BCUT2D eigenvalue weighted by atomic mass is 9.81. The number of anilines is 2. The first-order valence-corrected chi connectivity index (χ1v) is 9.87. The third-order valence-corrected chi connectivity index (χ3v) is 6.52. The predicted molar refractivity (Wildman–Crippen MR) is 113 cm³/mol. The molecule has 2 heterocycles. The zero-order valence-corrected chi connectivity index (χ0v) is 16.1. The van der Waals surface area contributed by atoms with Crippen LogP contribution in [-0.2, 0) is 5.41 Å². The summed E-state index contributed by atoms with van der Waals surface area (Å²) in [5, 5.41) is 0. The molecule has 6 rings (SSSR count). The van der Waals surface area contributed by atoms with Crippen LogP contribution in [0.25, 0.3) is 11.1 Å². The second-order valence-electron chi connectivity index (χ2n) is 8.33. The predicted octanol–water partition coefficient (Wildman–Crippen LogP) is 5.86. The Labute approximate surface area is 165 Å². The first-order chi connectivity index (χ1) is 13.7. The molecule has 1 aliphatic heterocycles. The molecule has 136 valence electrons. The van der Waals surface area contributed by atoms with Crippen LogP contribution in [0, 0.1) is 0 Å². The molecule has 3 aliphatic rings. The van der Waals surface area contributed by atoms with E-state index >= 15 is 0 Å². The van der Waals surface area contributed by atoms with Gasteiger partial charge < -0.3 is 0 Å². The monoisotopic (exact) mass is 363 g/mol. The molecule has 1 aromatic heterocycles. The van der Waals surface area contributed by atoms with Crippen LogP contribution in [0.4, 0.5) is 11.5 Å². The van der Waals surface area contributed by atoms with Crippen LogP contribution in [0.5, 0.6) is 0 Å². The van der Waals surface area contributed by atoms with Crippen molar-refractivity contribution >= 4 is 11.5 Å². The molecule has 3 nitrogen and oxygen atoms in total. The van der Waals surface area contributed by atoms with Gasteiger partial charge in [-0.3, -0.25) is 9.88 Å². The van der Waals surface area contributed by atoms with E-state index in [2.05, 4.69) is 83.3 Å². The van der Waals surface area contributed by atoms with Crippen LogP contribution >= 0.6 is 0 Å². The van der Waals surface area contributed by atoms with E-state index in [4.69, 9.17) is 0 Å². The topological polar surface area (TPSA) is 29.0 Å². The molecule has 0 saturated heterocycles. The first kappa shape index (κ1) is 15.8. The summed E-state index contributed by atoms with van der Waals surface area (Å²) in [5.41, 5.74) is 9.51. The van der Waals surface area contributed by atoms with Crippen LogP contribution in [-0.4, -0.2) is 9.97 Å². The molecule has 0 N–H and O–H groups in total.